The quantitative estimate of drug-likeness (QED) is 0.545. The number of hydrogen-bond donors (Lipinski definition) is 3. The number of urea groups is 1. The fraction of sp³-hybridized carbons (Fsp3) is 0.500. The van der Waals surface area contributed by atoms with Crippen LogP contribution in [-0.2, 0) is 6.42 Å². The molecule has 1 aromatic rings. The molecule has 0 bridgehead atoms. The molecule has 0 unspecified atom stereocenters. The van der Waals surface area contributed by atoms with Gasteiger partial charge < -0.3 is 11.1 Å². The second-order valence-corrected chi connectivity index (χ2v) is 4.64. The highest BCUT2D eigenvalue weighted by Gasteiger charge is 2.15. The van der Waals surface area contributed by atoms with E-state index in [-0.39, 0.29) is 12.0 Å². The molecule has 0 saturated heterocycles. The second-order valence-electron chi connectivity index (χ2n) is 4.64. The van der Waals surface area contributed by atoms with Crippen molar-refractivity contribution in [2.75, 3.05) is 13.1 Å². The van der Waals surface area contributed by atoms with Gasteiger partial charge in [-0.15, -0.1) is 0 Å². The monoisotopic (exact) mass is 277 g/mol. The molecule has 0 aliphatic carbocycles. The van der Waals surface area contributed by atoms with E-state index < -0.39 is 0 Å². The van der Waals surface area contributed by atoms with Gasteiger partial charge in [0.25, 0.3) is 0 Å². The average Bonchev–Trinajstić information content (AvgIpc) is 2.42. The Bertz CT molecular complexity index is 461. The standard InChI is InChI=1S/C14H23N5O/c1-3-8-18-14(20)19(13(15)16)10-5-7-12-11(2)6-4-9-17-12/h4,6,9H,3,5,7-8,10H2,1-2H3,(H3,15,16)(H,18,20). The van der Waals surface area contributed by atoms with Crippen molar-refractivity contribution in [3.05, 3.63) is 29.6 Å². The van der Waals surface area contributed by atoms with Crippen LogP contribution < -0.4 is 11.1 Å². The molecule has 6 heteroatoms. The van der Waals surface area contributed by atoms with Crippen molar-refractivity contribution in [2.45, 2.75) is 33.1 Å². The largest absolute Gasteiger partial charge is 0.370 e. The molecule has 0 aromatic carbocycles. The van der Waals surface area contributed by atoms with Crippen molar-refractivity contribution in [3.8, 4) is 0 Å². The minimum Gasteiger partial charge on any atom is -0.370 e. The Morgan fingerprint density at radius 2 is 2.30 bits per heavy atom. The van der Waals surface area contributed by atoms with Gasteiger partial charge in [-0.05, 0) is 37.8 Å². The van der Waals surface area contributed by atoms with Crippen molar-refractivity contribution in [2.24, 2.45) is 5.73 Å². The highest BCUT2D eigenvalue weighted by atomic mass is 16.2. The minimum absolute atomic E-state index is 0.226. The van der Waals surface area contributed by atoms with E-state index in [1.165, 1.54) is 4.90 Å². The number of hydrogen-bond acceptors (Lipinski definition) is 3. The minimum atomic E-state index is -0.308. The molecule has 1 heterocycles. The molecule has 4 N–H and O–H groups in total. The number of aromatic nitrogens is 1. The van der Waals surface area contributed by atoms with Gasteiger partial charge in [0.1, 0.15) is 0 Å². The fourth-order valence-corrected chi connectivity index (χ4v) is 1.84. The van der Waals surface area contributed by atoms with Gasteiger partial charge in [0.15, 0.2) is 5.96 Å². The molecule has 0 atom stereocenters. The zero-order chi connectivity index (χ0) is 15.0. The molecule has 110 valence electrons. The van der Waals surface area contributed by atoms with Crippen LogP contribution in [-0.4, -0.2) is 35.0 Å². The van der Waals surface area contributed by atoms with E-state index in [0.717, 1.165) is 30.5 Å². The first-order valence-electron chi connectivity index (χ1n) is 6.86. The number of nitrogens with one attached hydrogen (secondary N) is 2. The number of carbonyl (C=O) groups is 1. The summed E-state index contributed by atoms with van der Waals surface area (Å²) in [7, 11) is 0. The Labute approximate surface area is 119 Å². The Kier molecular flexibility index (Phi) is 6.49. The molecule has 1 aromatic heterocycles. The summed E-state index contributed by atoms with van der Waals surface area (Å²) in [5.74, 6) is -0.226. The molecule has 1 rings (SSSR count). The maximum absolute atomic E-state index is 11.8. The van der Waals surface area contributed by atoms with E-state index in [1.54, 1.807) is 6.20 Å². The van der Waals surface area contributed by atoms with E-state index >= 15 is 0 Å². The summed E-state index contributed by atoms with van der Waals surface area (Å²) in [6.07, 6.45) is 4.10. The topological polar surface area (TPSA) is 95.1 Å². The van der Waals surface area contributed by atoms with Gasteiger partial charge in [-0.25, -0.2) is 4.79 Å². The number of nitrogens with zero attached hydrogens (tertiary/aromatic N) is 2. The van der Waals surface area contributed by atoms with Gasteiger partial charge in [0, 0.05) is 25.0 Å². The number of carbonyl (C=O) groups excluding carboxylic acids is 1. The third kappa shape index (κ3) is 4.87. The molecule has 0 spiro atoms. The molecule has 2 amide bonds. The maximum Gasteiger partial charge on any atom is 0.324 e. The number of rotatable bonds is 6. The Hall–Kier alpha value is -2.11. The van der Waals surface area contributed by atoms with E-state index in [4.69, 9.17) is 11.1 Å². The lowest BCUT2D eigenvalue weighted by Gasteiger charge is -2.21. The van der Waals surface area contributed by atoms with Gasteiger partial charge in [-0.2, -0.15) is 0 Å². The highest BCUT2D eigenvalue weighted by Crippen LogP contribution is 2.06. The lowest BCUT2D eigenvalue weighted by Crippen LogP contribution is -2.47. The second kappa shape index (κ2) is 8.14. The lowest BCUT2D eigenvalue weighted by molar-refractivity contribution is 0.219. The predicted molar refractivity (Wildman–Crippen MR) is 79.6 cm³/mol. The Morgan fingerprint density at radius 1 is 1.55 bits per heavy atom. The van der Waals surface area contributed by atoms with Gasteiger partial charge >= 0.3 is 6.03 Å². The first kappa shape index (κ1) is 15.9. The summed E-state index contributed by atoms with van der Waals surface area (Å²) in [6, 6.07) is 3.61. The highest BCUT2D eigenvalue weighted by molar-refractivity contribution is 5.93. The maximum atomic E-state index is 11.8. The fourth-order valence-electron chi connectivity index (χ4n) is 1.84. The van der Waals surface area contributed by atoms with Gasteiger partial charge in [0.2, 0.25) is 0 Å². The normalized spacial score (nSPS) is 10.1. The molecule has 6 nitrogen and oxygen atoms in total. The number of amides is 2. The van der Waals surface area contributed by atoms with Crippen LogP contribution in [0.4, 0.5) is 4.79 Å². The van der Waals surface area contributed by atoms with Gasteiger partial charge in [0.05, 0.1) is 0 Å². The zero-order valence-electron chi connectivity index (χ0n) is 12.1. The molecule has 0 aliphatic rings. The van der Waals surface area contributed by atoms with Crippen molar-refractivity contribution < 1.29 is 4.79 Å². The Morgan fingerprint density at radius 3 is 2.90 bits per heavy atom. The van der Waals surface area contributed by atoms with Crippen LogP contribution in [0.15, 0.2) is 18.3 Å². The van der Waals surface area contributed by atoms with E-state index in [2.05, 4.69) is 10.3 Å². The van der Waals surface area contributed by atoms with Crippen molar-refractivity contribution in [1.29, 1.82) is 5.41 Å². The van der Waals surface area contributed by atoms with Crippen molar-refractivity contribution in [3.63, 3.8) is 0 Å². The number of nitrogens with two attached hydrogens (primary N) is 1. The number of aryl methyl sites for hydroxylation is 2. The lowest BCUT2D eigenvalue weighted by atomic mass is 10.1. The summed E-state index contributed by atoms with van der Waals surface area (Å²) in [6.45, 7) is 4.99. The van der Waals surface area contributed by atoms with Crippen LogP contribution in [0.25, 0.3) is 0 Å². The molecular formula is C14H23N5O. The van der Waals surface area contributed by atoms with E-state index in [0.29, 0.717) is 13.1 Å². The van der Waals surface area contributed by atoms with Crippen molar-refractivity contribution in [1.82, 2.24) is 15.2 Å². The van der Waals surface area contributed by atoms with Crippen LogP contribution in [0.3, 0.4) is 0 Å². The predicted octanol–water partition coefficient (Wildman–Crippen LogP) is 1.64. The third-order valence-corrected chi connectivity index (χ3v) is 2.98. The summed E-state index contributed by atoms with van der Waals surface area (Å²) in [4.78, 5) is 17.4. The summed E-state index contributed by atoms with van der Waals surface area (Å²) < 4.78 is 0. The summed E-state index contributed by atoms with van der Waals surface area (Å²) >= 11 is 0. The molecular weight excluding hydrogens is 254 g/mol. The smallest absolute Gasteiger partial charge is 0.324 e. The molecule has 0 saturated carbocycles. The number of pyridine rings is 1. The van der Waals surface area contributed by atoms with Crippen LogP contribution in [0.1, 0.15) is 31.0 Å². The van der Waals surface area contributed by atoms with Crippen LogP contribution >= 0.6 is 0 Å². The SMILES string of the molecule is CCCNC(=O)N(CCCc1ncccc1C)C(=N)N. The molecule has 0 aliphatic heterocycles. The average molecular weight is 277 g/mol. The summed E-state index contributed by atoms with van der Waals surface area (Å²) in [5, 5.41) is 10.2. The van der Waals surface area contributed by atoms with E-state index in [9.17, 15) is 4.79 Å². The summed E-state index contributed by atoms with van der Waals surface area (Å²) in [5.41, 5.74) is 7.61. The van der Waals surface area contributed by atoms with Crippen LogP contribution in [0.5, 0.6) is 0 Å². The first-order chi connectivity index (χ1) is 9.56. The third-order valence-electron chi connectivity index (χ3n) is 2.98. The van der Waals surface area contributed by atoms with Crippen LogP contribution in [0.2, 0.25) is 0 Å². The molecule has 0 fully saturated rings. The van der Waals surface area contributed by atoms with Gasteiger partial charge in [-0.3, -0.25) is 15.3 Å². The van der Waals surface area contributed by atoms with Gasteiger partial charge in [-0.1, -0.05) is 13.0 Å². The Balaban J connectivity index is 2.49. The zero-order valence-corrected chi connectivity index (χ0v) is 12.1. The first-order valence-corrected chi connectivity index (χ1v) is 6.86. The van der Waals surface area contributed by atoms with E-state index in [1.807, 2.05) is 26.0 Å². The number of guanidine groups is 1. The van der Waals surface area contributed by atoms with Crippen molar-refractivity contribution >= 4 is 12.0 Å². The molecule has 20 heavy (non-hydrogen) atoms. The molecule has 0 radical (unpaired) electrons. The van der Waals surface area contributed by atoms with Crippen LogP contribution in [0, 0.1) is 12.3 Å².